The first-order valence-electron chi connectivity index (χ1n) is 6.39. The van der Waals surface area contributed by atoms with Crippen molar-refractivity contribution < 1.29 is 8.42 Å². The van der Waals surface area contributed by atoms with Crippen molar-refractivity contribution in [2.24, 2.45) is 0 Å². The van der Waals surface area contributed by atoms with Crippen LogP contribution in [0, 0.1) is 0 Å². The minimum absolute atomic E-state index is 0.311. The first-order chi connectivity index (χ1) is 8.95. The summed E-state index contributed by atoms with van der Waals surface area (Å²) in [6.45, 7) is 1.17. The number of sulfonamides is 1. The van der Waals surface area contributed by atoms with Gasteiger partial charge in [0.15, 0.2) is 0 Å². The van der Waals surface area contributed by atoms with E-state index < -0.39 is 10.0 Å². The summed E-state index contributed by atoms with van der Waals surface area (Å²) in [6.07, 6.45) is 0.890. The van der Waals surface area contributed by atoms with Gasteiger partial charge in [-0.05, 0) is 44.8 Å². The molecule has 1 unspecified atom stereocenters. The summed E-state index contributed by atoms with van der Waals surface area (Å²) in [4.78, 5) is 2.45. The van der Waals surface area contributed by atoms with Crippen molar-refractivity contribution in [1.82, 2.24) is 9.21 Å². The van der Waals surface area contributed by atoms with Crippen LogP contribution < -0.4 is 5.32 Å². The second-order valence-electron chi connectivity index (χ2n) is 5.04. The topological polar surface area (TPSA) is 52.7 Å². The minimum atomic E-state index is -3.35. The molecule has 1 aliphatic heterocycles. The Balaban J connectivity index is 2.18. The van der Waals surface area contributed by atoms with Gasteiger partial charge in [-0.3, -0.25) is 0 Å². The van der Waals surface area contributed by atoms with Gasteiger partial charge < -0.3 is 10.2 Å². The summed E-state index contributed by atoms with van der Waals surface area (Å²) in [6, 6.07) is 7.19. The molecule has 1 fully saturated rings. The summed E-state index contributed by atoms with van der Waals surface area (Å²) in [7, 11) is 2.44. The Morgan fingerprint density at radius 2 is 1.89 bits per heavy atom. The lowest BCUT2D eigenvalue weighted by atomic mass is 10.2. The van der Waals surface area contributed by atoms with Crippen LogP contribution in [0.4, 0.5) is 5.69 Å². The molecule has 0 radical (unpaired) electrons. The van der Waals surface area contributed by atoms with E-state index >= 15 is 0 Å². The number of nitrogens with zero attached hydrogens (tertiary/aromatic N) is 2. The van der Waals surface area contributed by atoms with Crippen LogP contribution in [-0.4, -0.2) is 57.9 Å². The van der Waals surface area contributed by atoms with Gasteiger partial charge in [-0.25, -0.2) is 8.42 Å². The van der Waals surface area contributed by atoms with Crippen LogP contribution in [0.2, 0.25) is 0 Å². The molecule has 19 heavy (non-hydrogen) atoms. The molecule has 1 saturated heterocycles. The van der Waals surface area contributed by atoms with Crippen LogP contribution in [-0.2, 0) is 10.0 Å². The predicted octanol–water partition coefficient (Wildman–Crippen LogP) is 1.05. The number of rotatable bonds is 4. The molecule has 0 aromatic heterocycles. The lowest BCUT2D eigenvalue weighted by Gasteiger charge is -2.20. The molecule has 0 amide bonds. The molecule has 106 valence electrons. The molecule has 6 heteroatoms. The van der Waals surface area contributed by atoms with Crippen LogP contribution in [0.25, 0.3) is 0 Å². The Bertz CT molecular complexity index is 525. The summed E-state index contributed by atoms with van der Waals surface area (Å²) < 4.78 is 26.6. The number of likely N-dealkylation sites (N-methyl/N-ethyl adjacent to an activating group) is 1. The fraction of sp³-hybridized carbons (Fsp3) is 0.538. The highest BCUT2D eigenvalue weighted by Crippen LogP contribution is 2.23. The van der Waals surface area contributed by atoms with Crippen molar-refractivity contribution in [1.29, 1.82) is 0 Å². The molecule has 0 aliphatic carbocycles. The summed E-state index contributed by atoms with van der Waals surface area (Å²) in [5.74, 6) is 0. The van der Waals surface area contributed by atoms with Gasteiger partial charge in [-0.2, -0.15) is 4.31 Å². The second kappa shape index (κ2) is 5.48. The summed E-state index contributed by atoms with van der Waals surface area (Å²) in [5.41, 5.74) is 0.909. The molecule has 1 heterocycles. The Labute approximate surface area is 115 Å². The van der Waals surface area contributed by atoms with Crippen LogP contribution in [0.3, 0.4) is 0 Å². The molecule has 1 aromatic rings. The van der Waals surface area contributed by atoms with Crippen molar-refractivity contribution in [3.63, 3.8) is 0 Å². The lowest BCUT2D eigenvalue weighted by molar-refractivity contribution is 0.302. The predicted molar refractivity (Wildman–Crippen MR) is 76.8 cm³/mol. The normalized spacial score (nSPS) is 20.9. The Hall–Kier alpha value is -1.11. The van der Waals surface area contributed by atoms with E-state index in [0.29, 0.717) is 24.0 Å². The van der Waals surface area contributed by atoms with Gasteiger partial charge in [-0.15, -0.1) is 0 Å². The molecule has 1 N–H and O–H groups in total. The van der Waals surface area contributed by atoms with Crippen molar-refractivity contribution >= 4 is 15.7 Å². The van der Waals surface area contributed by atoms with Gasteiger partial charge in [0, 0.05) is 31.9 Å². The second-order valence-corrected chi connectivity index (χ2v) is 6.98. The molecular weight excluding hydrogens is 262 g/mol. The number of benzene rings is 1. The molecule has 0 spiro atoms. The van der Waals surface area contributed by atoms with Gasteiger partial charge in [0.25, 0.3) is 0 Å². The number of hydrogen-bond donors (Lipinski definition) is 1. The molecule has 0 bridgehead atoms. The lowest BCUT2D eigenvalue weighted by Crippen LogP contribution is -2.34. The molecule has 2 rings (SSSR count). The van der Waals surface area contributed by atoms with E-state index in [0.717, 1.165) is 12.1 Å². The standard InChI is InChI=1S/C13H21N3O2S/c1-14-11-4-6-13(7-5-11)19(17,18)16-9-8-12(10-16)15(2)3/h4-7,12,14H,8-10H2,1-3H3. The first-order valence-corrected chi connectivity index (χ1v) is 7.83. The van der Waals surface area contributed by atoms with Gasteiger partial charge in [0.05, 0.1) is 4.90 Å². The third kappa shape index (κ3) is 2.91. The Kier molecular flexibility index (Phi) is 4.13. The highest BCUT2D eigenvalue weighted by molar-refractivity contribution is 7.89. The van der Waals surface area contributed by atoms with E-state index in [1.165, 1.54) is 0 Å². The van der Waals surface area contributed by atoms with Gasteiger partial charge >= 0.3 is 0 Å². The number of nitrogens with one attached hydrogen (secondary N) is 1. The largest absolute Gasteiger partial charge is 0.388 e. The van der Waals surface area contributed by atoms with Crippen LogP contribution in [0.1, 0.15) is 6.42 Å². The third-order valence-corrected chi connectivity index (χ3v) is 5.52. The maximum Gasteiger partial charge on any atom is 0.243 e. The van der Waals surface area contributed by atoms with Crippen LogP contribution in [0.5, 0.6) is 0 Å². The van der Waals surface area contributed by atoms with E-state index in [1.54, 1.807) is 28.6 Å². The molecule has 1 aromatic carbocycles. The summed E-state index contributed by atoms with van der Waals surface area (Å²) >= 11 is 0. The van der Waals surface area contributed by atoms with Gasteiger partial charge in [-0.1, -0.05) is 0 Å². The average molecular weight is 283 g/mol. The van der Waals surface area contributed by atoms with Crippen molar-refractivity contribution in [2.45, 2.75) is 17.4 Å². The zero-order chi connectivity index (χ0) is 14.0. The van der Waals surface area contributed by atoms with E-state index in [-0.39, 0.29) is 0 Å². The SMILES string of the molecule is CNc1ccc(S(=O)(=O)N2CCC(N(C)C)C2)cc1. The fourth-order valence-corrected chi connectivity index (χ4v) is 3.79. The molecular formula is C13H21N3O2S. The van der Waals surface area contributed by atoms with E-state index in [4.69, 9.17) is 0 Å². The molecule has 1 aliphatic rings. The average Bonchev–Trinajstić information content (AvgIpc) is 2.89. The summed E-state index contributed by atoms with van der Waals surface area (Å²) in [5, 5.41) is 2.98. The van der Waals surface area contributed by atoms with Gasteiger partial charge in [0.2, 0.25) is 10.0 Å². The minimum Gasteiger partial charge on any atom is -0.388 e. The van der Waals surface area contributed by atoms with Crippen LogP contribution >= 0.6 is 0 Å². The first kappa shape index (κ1) is 14.3. The molecule has 5 nitrogen and oxygen atoms in total. The van der Waals surface area contributed by atoms with E-state index in [2.05, 4.69) is 10.2 Å². The van der Waals surface area contributed by atoms with Crippen molar-refractivity contribution in [3.8, 4) is 0 Å². The van der Waals surface area contributed by atoms with E-state index in [1.807, 2.05) is 21.1 Å². The van der Waals surface area contributed by atoms with Gasteiger partial charge in [0.1, 0.15) is 0 Å². The fourth-order valence-electron chi connectivity index (χ4n) is 2.29. The highest BCUT2D eigenvalue weighted by atomic mass is 32.2. The highest BCUT2D eigenvalue weighted by Gasteiger charge is 2.33. The number of hydrogen-bond acceptors (Lipinski definition) is 4. The molecule has 0 saturated carbocycles. The monoisotopic (exact) mass is 283 g/mol. The van der Waals surface area contributed by atoms with Crippen molar-refractivity contribution in [2.75, 3.05) is 39.5 Å². The van der Waals surface area contributed by atoms with Crippen LogP contribution in [0.15, 0.2) is 29.2 Å². The third-order valence-electron chi connectivity index (χ3n) is 3.64. The quantitative estimate of drug-likeness (QED) is 0.897. The van der Waals surface area contributed by atoms with E-state index in [9.17, 15) is 8.42 Å². The Morgan fingerprint density at radius 3 is 2.37 bits per heavy atom. The maximum atomic E-state index is 12.5. The zero-order valence-electron chi connectivity index (χ0n) is 11.6. The smallest absolute Gasteiger partial charge is 0.243 e. The van der Waals surface area contributed by atoms with Crippen molar-refractivity contribution in [3.05, 3.63) is 24.3 Å². The zero-order valence-corrected chi connectivity index (χ0v) is 12.4. The Morgan fingerprint density at radius 1 is 1.26 bits per heavy atom. The number of anilines is 1. The molecule has 1 atom stereocenters. The maximum absolute atomic E-state index is 12.5.